The number of amides is 1. The zero-order chi connectivity index (χ0) is 24.1. The van der Waals surface area contributed by atoms with Gasteiger partial charge in [-0.15, -0.1) is 0 Å². The quantitative estimate of drug-likeness (QED) is 0.525. The lowest BCUT2D eigenvalue weighted by atomic mass is 10.1. The van der Waals surface area contributed by atoms with Crippen LogP contribution in [-0.4, -0.2) is 34.1 Å². The monoisotopic (exact) mass is 480 g/mol. The summed E-state index contributed by atoms with van der Waals surface area (Å²) in [5, 5.41) is 2.91. The van der Waals surface area contributed by atoms with E-state index in [9.17, 15) is 13.2 Å². The van der Waals surface area contributed by atoms with Crippen molar-refractivity contribution < 1.29 is 22.7 Å². The van der Waals surface area contributed by atoms with Crippen molar-refractivity contribution in [1.82, 2.24) is 5.32 Å². The van der Waals surface area contributed by atoms with Crippen molar-refractivity contribution in [2.45, 2.75) is 31.2 Å². The first kappa shape index (κ1) is 23.6. The molecule has 1 atom stereocenters. The summed E-state index contributed by atoms with van der Waals surface area (Å²) in [5.74, 6) is 0.889. The number of hydrogen-bond donors (Lipinski definition) is 1. The van der Waals surface area contributed by atoms with Crippen LogP contribution in [0.4, 0.5) is 5.69 Å². The van der Waals surface area contributed by atoms with Crippen LogP contribution in [0.3, 0.4) is 0 Å². The molecular formula is C26H28N2O5S. The summed E-state index contributed by atoms with van der Waals surface area (Å²) in [6.07, 6.45) is 0.833. The maximum atomic E-state index is 13.5. The van der Waals surface area contributed by atoms with E-state index in [4.69, 9.17) is 9.47 Å². The highest BCUT2D eigenvalue weighted by Gasteiger charge is 2.27. The lowest BCUT2D eigenvalue weighted by Crippen LogP contribution is -2.41. The summed E-state index contributed by atoms with van der Waals surface area (Å²) >= 11 is 0. The molecule has 0 aromatic heterocycles. The summed E-state index contributed by atoms with van der Waals surface area (Å²) in [6.45, 7) is 4.50. The molecule has 0 spiro atoms. The molecule has 1 aliphatic rings. The lowest BCUT2D eigenvalue weighted by molar-refractivity contribution is -0.120. The molecular weight excluding hydrogens is 452 g/mol. The third kappa shape index (κ3) is 5.17. The molecule has 0 aliphatic carbocycles. The van der Waals surface area contributed by atoms with E-state index in [1.807, 2.05) is 44.2 Å². The Morgan fingerprint density at radius 3 is 2.32 bits per heavy atom. The van der Waals surface area contributed by atoms with E-state index >= 15 is 0 Å². The van der Waals surface area contributed by atoms with Crippen LogP contribution in [0.25, 0.3) is 0 Å². The molecule has 8 heteroatoms. The predicted octanol–water partition coefficient (Wildman–Crippen LogP) is 4.09. The minimum Gasteiger partial charge on any atom is -0.486 e. The van der Waals surface area contributed by atoms with Gasteiger partial charge in [-0.05, 0) is 60.9 Å². The zero-order valence-electron chi connectivity index (χ0n) is 19.2. The summed E-state index contributed by atoms with van der Waals surface area (Å²) in [4.78, 5) is 13.2. The number of sulfonamides is 1. The Bertz CT molecular complexity index is 1240. The molecule has 0 saturated heterocycles. The van der Waals surface area contributed by atoms with E-state index in [-0.39, 0.29) is 17.5 Å². The third-order valence-electron chi connectivity index (χ3n) is 5.69. The van der Waals surface area contributed by atoms with Gasteiger partial charge in [0, 0.05) is 0 Å². The zero-order valence-corrected chi connectivity index (χ0v) is 20.0. The normalized spacial score (nSPS) is 13.7. The van der Waals surface area contributed by atoms with E-state index in [1.54, 1.807) is 30.3 Å². The molecule has 34 heavy (non-hydrogen) atoms. The van der Waals surface area contributed by atoms with Gasteiger partial charge in [0.05, 0.1) is 16.6 Å². The van der Waals surface area contributed by atoms with Gasteiger partial charge in [-0.3, -0.25) is 9.10 Å². The van der Waals surface area contributed by atoms with Gasteiger partial charge in [0.25, 0.3) is 10.0 Å². The first-order valence-corrected chi connectivity index (χ1v) is 12.7. The summed E-state index contributed by atoms with van der Waals surface area (Å²) in [6, 6.07) is 20.5. The minimum atomic E-state index is -3.95. The molecule has 4 rings (SSSR count). The maximum absolute atomic E-state index is 13.5. The highest BCUT2D eigenvalue weighted by Crippen LogP contribution is 2.32. The van der Waals surface area contributed by atoms with Crippen LogP contribution < -0.4 is 19.1 Å². The second-order valence-electron chi connectivity index (χ2n) is 8.04. The second kappa shape index (κ2) is 10.2. The van der Waals surface area contributed by atoms with Crippen molar-refractivity contribution >= 4 is 21.6 Å². The molecule has 3 aromatic carbocycles. The topological polar surface area (TPSA) is 84.9 Å². The Labute approximate surface area is 200 Å². The van der Waals surface area contributed by atoms with Crippen LogP contribution in [0.1, 0.15) is 31.0 Å². The van der Waals surface area contributed by atoms with E-state index in [1.165, 1.54) is 12.1 Å². The van der Waals surface area contributed by atoms with Crippen LogP contribution in [-0.2, 0) is 21.2 Å². The molecule has 1 N–H and O–H groups in total. The molecule has 1 amide bonds. The lowest BCUT2D eigenvalue weighted by Gasteiger charge is -2.25. The van der Waals surface area contributed by atoms with Gasteiger partial charge in [0.1, 0.15) is 19.8 Å². The van der Waals surface area contributed by atoms with Crippen LogP contribution in [0.15, 0.2) is 77.7 Å². The number of ether oxygens (including phenoxy) is 2. The van der Waals surface area contributed by atoms with Crippen molar-refractivity contribution in [2.24, 2.45) is 0 Å². The van der Waals surface area contributed by atoms with Crippen LogP contribution in [0, 0.1) is 0 Å². The average Bonchev–Trinajstić information content (AvgIpc) is 2.87. The average molecular weight is 481 g/mol. The molecule has 1 unspecified atom stereocenters. The molecule has 7 nitrogen and oxygen atoms in total. The second-order valence-corrected chi connectivity index (χ2v) is 9.90. The van der Waals surface area contributed by atoms with E-state index in [0.29, 0.717) is 30.4 Å². The number of rotatable bonds is 8. The summed E-state index contributed by atoms with van der Waals surface area (Å²) < 4.78 is 39.2. The highest BCUT2D eigenvalue weighted by molar-refractivity contribution is 7.92. The van der Waals surface area contributed by atoms with Crippen molar-refractivity contribution in [3.63, 3.8) is 0 Å². The third-order valence-corrected chi connectivity index (χ3v) is 7.48. The summed E-state index contributed by atoms with van der Waals surface area (Å²) in [7, 11) is -3.95. The van der Waals surface area contributed by atoms with Gasteiger partial charge in [0.2, 0.25) is 5.91 Å². The van der Waals surface area contributed by atoms with E-state index < -0.39 is 15.9 Å². The van der Waals surface area contributed by atoms with Crippen molar-refractivity contribution in [3.8, 4) is 11.5 Å². The van der Waals surface area contributed by atoms with Gasteiger partial charge < -0.3 is 14.8 Å². The first-order valence-electron chi connectivity index (χ1n) is 11.2. The molecule has 0 fully saturated rings. The number of carbonyl (C=O) groups is 1. The number of fused-ring (bicyclic) bond motifs is 1. The van der Waals surface area contributed by atoms with Gasteiger partial charge in [-0.25, -0.2) is 8.42 Å². The van der Waals surface area contributed by atoms with Crippen molar-refractivity contribution in [1.29, 1.82) is 0 Å². The Hall–Kier alpha value is -3.52. The molecule has 178 valence electrons. The predicted molar refractivity (Wildman–Crippen MR) is 131 cm³/mol. The van der Waals surface area contributed by atoms with Gasteiger partial charge in [-0.2, -0.15) is 0 Å². The Morgan fingerprint density at radius 2 is 1.65 bits per heavy atom. The number of hydrogen-bond acceptors (Lipinski definition) is 5. The number of nitrogens with one attached hydrogen (secondary N) is 1. The Balaban J connectivity index is 1.56. The number of aryl methyl sites for hydroxylation is 1. The van der Waals surface area contributed by atoms with Gasteiger partial charge in [-0.1, -0.05) is 43.3 Å². The fraction of sp³-hybridized carbons (Fsp3) is 0.269. The van der Waals surface area contributed by atoms with Crippen LogP contribution in [0.2, 0.25) is 0 Å². The van der Waals surface area contributed by atoms with Gasteiger partial charge in [0.15, 0.2) is 11.5 Å². The fourth-order valence-corrected chi connectivity index (χ4v) is 5.20. The molecule has 1 aliphatic heterocycles. The minimum absolute atomic E-state index is 0.127. The SMILES string of the molecule is CCc1ccc(N(CC(=O)NC(C)c2ccc3c(c2)OCCO3)S(=O)(=O)c2ccccc2)cc1. The highest BCUT2D eigenvalue weighted by atomic mass is 32.2. The van der Waals surface area contributed by atoms with E-state index in [0.717, 1.165) is 21.9 Å². The molecule has 0 saturated carbocycles. The standard InChI is InChI=1S/C26H28N2O5S/c1-3-20-9-12-22(13-10-20)28(34(30,31)23-7-5-4-6-8-23)18-26(29)27-19(2)21-11-14-24-25(17-21)33-16-15-32-24/h4-14,17,19H,3,15-16,18H2,1-2H3,(H,27,29). The molecule has 3 aromatic rings. The van der Waals surface area contributed by atoms with E-state index in [2.05, 4.69) is 5.32 Å². The number of carbonyl (C=O) groups excluding carboxylic acids is 1. The maximum Gasteiger partial charge on any atom is 0.264 e. The molecule has 1 heterocycles. The molecule has 0 radical (unpaired) electrons. The largest absolute Gasteiger partial charge is 0.486 e. The first-order chi connectivity index (χ1) is 16.4. The molecule has 0 bridgehead atoms. The van der Waals surface area contributed by atoms with Gasteiger partial charge >= 0.3 is 0 Å². The number of anilines is 1. The number of benzene rings is 3. The van der Waals surface area contributed by atoms with Crippen molar-refractivity contribution in [3.05, 3.63) is 83.9 Å². The Morgan fingerprint density at radius 1 is 0.971 bits per heavy atom. The van der Waals surface area contributed by atoms with Crippen LogP contribution >= 0.6 is 0 Å². The smallest absolute Gasteiger partial charge is 0.264 e. The fourth-order valence-electron chi connectivity index (χ4n) is 3.76. The summed E-state index contributed by atoms with van der Waals surface area (Å²) in [5.41, 5.74) is 2.35. The van der Waals surface area contributed by atoms with Crippen LogP contribution in [0.5, 0.6) is 11.5 Å². The number of nitrogens with zero attached hydrogens (tertiary/aromatic N) is 1. The van der Waals surface area contributed by atoms with Crippen molar-refractivity contribution in [2.75, 3.05) is 24.1 Å². The Kier molecular flexibility index (Phi) is 7.07.